The Balaban J connectivity index is 1.28. The Morgan fingerprint density at radius 2 is 1.81 bits per heavy atom. The highest BCUT2D eigenvalue weighted by atomic mass is 35.5. The fourth-order valence-corrected chi connectivity index (χ4v) is 7.46. The summed E-state index contributed by atoms with van der Waals surface area (Å²) in [5.74, 6) is -1.32. The molecule has 6 nitrogen and oxygen atoms in total. The van der Waals surface area contributed by atoms with E-state index in [0.29, 0.717) is 16.5 Å². The van der Waals surface area contributed by atoms with E-state index >= 15 is 0 Å². The molecule has 2 atom stereocenters. The number of halogens is 4. The number of nitrogens with zero attached hydrogens (tertiary/aromatic N) is 2. The predicted molar refractivity (Wildman–Crippen MR) is 135 cm³/mol. The van der Waals surface area contributed by atoms with Gasteiger partial charge >= 0.3 is 6.18 Å². The van der Waals surface area contributed by atoms with E-state index in [1.165, 1.54) is 29.0 Å². The third kappa shape index (κ3) is 5.60. The quantitative estimate of drug-likeness (QED) is 0.538. The van der Waals surface area contributed by atoms with Crippen LogP contribution in [0.25, 0.3) is 0 Å². The largest absolute Gasteiger partial charge is 0.414 e. The van der Waals surface area contributed by atoms with Crippen molar-refractivity contribution in [3.63, 3.8) is 0 Å². The zero-order chi connectivity index (χ0) is 26.5. The van der Waals surface area contributed by atoms with E-state index in [4.69, 9.17) is 11.6 Å². The van der Waals surface area contributed by atoms with Crippen molar-refractivity contribution in [1.29, 1.82) is 0 Å². The summed E-state index contributed by atoms with van der Waals surface area (Å²) in [5, 5.41) is 4.19. The van der Waals surface area contributed by atoms with Gasteiger partial charge in [0.2, 0.25) is 5.91 Å². The number of aromatic nitrogens is 1. The van der Waals surface area contributed by atoms with Gasteiger partial charge in [-0.05, 0) is 79.3 Å². The molecule has 1 aromatic carbocycles. The maximum absolute atomic E-state index is 14.1. The van der Waals surface area contributed by atoms with Crippen LogP contribution < -0.4 is 5.32 Å². The number of hydrogen-bond donors (Lipinski definition) is 1. The second-order valence-corrected chi connectivity index (χ2v) is 13.1. The van der Waals surface area contributed by atoms with E-state index in [9.17, 15) is 26.4 Å². The van der Waals surface area contributed by atoms with E-state index in [-0.39, 0.29) is 36.1 Å². The topological polar surface area (TPSA) is 79.4 Å². The van der Waals surface area contributed by atoms with Gasteiger partial charge in [0.05, 0.1) is 29.1 Å². The van der Waals surface area contributed by atoms with Crippen molar-refractivity contribution in [2.75, 3.05) is 23.9 Å². The molecule has 1 amide bonds. The monoisotopic (exact) mass is 555 g/mol. The summed E-state index contributed by atoms with van der Waals surface area (Å²) in [7, 11) is -2.13. The van der Waals surface area contributed by atoms with Crippen LogP contribution >= 0.6 is 11.6 Å². The summed E-state index contributed by atoms with van der Waals surface area (Å²) < 4.78 is 65.5. The second kappa shape index (κ2) is 9.76. The molecule has 3 aliphatic rings. The first-order valence-electron chi connectivity index (χ1n) is 12.5. The number of anilines is 1. The number of hydrogen-bond acceptors (Lipinski definition) is 5. The molecule has 37 heavy (non-hydrogen) atoms. The average molecular weight is 556 g/mol. The van der Waals surface area contributed by atoms with E-state index in [2.05, 4.69) is 16.4 Å². The number of pyridine rings is 1. The fourth-order valence-electron chi connectivity index (χ4n) is 5.64. The number of alkyl halides is 3. The maximum atomic E-state index is 14.1. The summed E-state index contributed by atoms with van der Waals surface area (Å²) in [6, 6.07) is 4.73. The van der Waals surface area contributed by atoms with Gasteiger partial charge in [0, 0.05) is 24.0 Å². The van der Waals surface area contributed by atoms with Crippen LogP contribution in [0.3, 0.4) is 0 Å². The molecule has 1 aliphatic heterocycles. The van der Waals surface area contributed by atoms with E-state index < -0.39 is 33.9 Å². The lowest BCUT2D eigenvalue weighted by atomic mass is 9.99. The van der Waals surface area contributed by atoms with Crippen LogP contribution in [-0.2, 0) is 27.5 Å². The van der Waals surface area contributed by atoms with Gasteiger partial charge in [-0.1, -0.05) is 17.7 Å². The van der Waals surface area contributed by atoms with Crippen LogP contribution in [0.2, 0.25) is 5.02 Å². The molecule has 200 valence electrons. The summed E-state index contributed by atoms with van der Waals surface area (Å²) in [6.45, 7) is 0. The number of nitrogens with one attached hydrogen (secondary N) is 1. The molecule has 2 heterocycles. The van der Waals surface area contributed by atoms with Crippen molar-refractivity contribution in [3.05, 3.63) is 57.9 Å². The molecule has 1 unspecified atom stereocenters. The summed E-state index contributed by atoms with van der Waals surface area (Å²) >= 11 is 6.47. The van der Waals surface area contributed by atoms with E-state index in [1.807, 2.05) is 6.07 Å². The van der Waals surface area contributed by atoms with E-state index in [0.717, 1.165) is 37.8 Å². The molecular weight excluding hydrogens is 527 g/mol. The van der Waals surface area contributed by atoms with Crippen molar-refractivity contribution < 1.29 is 26.4 Å². The lowest BCUT2D eigenvalue weighted by Gasteiger charge is -2.33. The molecule has 0 bridgehead atoms. The minimum Gasteiger partial charge on any atom is -0.380 e. The third-order valence-corrected chi connectivity index (χ3v) is 9.73. The van der Waals surface area contributed by atoms with Crippen LogP contribution in [0.15, 0.2) is 30.5 Å². The number of rotatable bonds is 6. The molecule has 0 radical (unpaired) electrons. The Morgan fingerprint density at radius 1 is 1.11 bits per heavy atom. The lowest BCUT2D eigenvalue weighted by Crippen LogP contribution is -2.44. The highest BCUT2D eigenvalue weighted by Gasteiger charge is 2.47. The standard InChI is InChI=1S/C26H29ClF3N3O3S/c1-33(25(34)16-8-10-37(35,36)11-9-16)24(26(28,29)30)22-7-5-18(14-31-22)32-19-12-17-4-6-21(27)23(15-2-3-15)20(17)13-19/h4-7,14-16,19,24,32H,2-3,8-13H2,1H3/t19?,24-/m0/s1. The third-order valence-electron chi connectivity index (χ3n) is 7.69. The number of carbonyl (C=O) groups excluding carboxylic acids is 1. The second-order valence-electron chi connectivity index (χ2n) is 10.4. The minimum atomic E-state index is -4.74. The highest BCUT2D eigenvalue weighted by molar-refractivity contribution is 7.91. The zero-order valence-corrected chi connectivity index (χ0v) is 22.0. The molecule has 2 fully saturated rings. The molecular formula is C26H29ClF3N3O3S. The Kier molecular flexibility index (Phi) is 6.94. The normalized spacial score (nSPS) is 22.4. The first-order valence-corrected chi connectivity index (χ1v) is 14.7. The summed E-state index contributed by atoms with van der Waals surface area (Å²) in [4.78, 5) is 17.6. The zero-order valence-electron chi connectivity index (χ0n) is 20.4. The van der Waals surface area contributed by atoms with Crippen LogP contribution in [0.1, 0.15) is 60.0 Å². The molecule has 0 spiro atoms. The minimum absolute atomic E-state index is 0.0316. The number of fused-ring (bicyclic) bond motifs is 1. The smallest absolute Gasteiger partial charge is 0.380 e. The van der Waals surface area contributed by atoms with E-state index in [1.54, 1.807) is 6.07 Å². The molecule has 11 heteroatoms. The van der Waals surface area contributed by atoms with Crippen LogP contribution in [-0.4, -0.2) is 55.0 Å². The van der Waals surface area contributed by atoms with Crippen LogP contribution in [0, 0.1) is 5.92 Å². The molecule has 2 aromatic rings. The number of sulfone groups is 1. The Morgan fingerprint density at radius 3 is 2.41 bits per heavy atom. The lowest BCUT2D eigenvalue weighted by molar-refractivity contribution is -0.191. The first kappa shape index (κ1) is 26.3. The summed E-state index contributed by atoms with van der Waals surface area (Å²) in [5.41, 5.74) is 4.10. The number of amides is 1. The van der Waals surface area contributed by atoms with Crippen molar-refractivity contribution >= 4 is 33.0 Å². The molecule has 2 aliphatic carbocycles. The van der Waals surface area contributed by atoms with Gasteiger partial charge in [-0.15, -0.1) is 0 Å². The summed E-state index contributed by atoms with van der Waals surface area (Å²) in [6.07, 6.45) is 0.591. The predicted octanol–water partition coefficient (Wildman–Crippen LogP) is 5.08. The van der Waals surface area contributed by atoms with Crippen molar-refractivity contribution in [2.24, 2.45) is 5.92 Å². The average Bonchev–Trinajstić information content (AvgIpc) is 3.58. The molecule has 1 aromatic heterocycles. The number of carbonyl (C=O) groups is 1. The molecule has 1 saturated carbocycles. The van der Waals surface area contributed by atoms with Crippen molar-refractivity contribution in [3.8, 4) is 0 Å². The van der Waals surface area contributed by atoms with Crippen molar-refractivity contribution in [2.45, 2.75) is 62.7 Å². The van der Waals surface area contributed by atoms with Crippen LogP contribution in [0.4, 0.5) is 18.9 Å². The molecule has 1 N–H and O–H groups in total. The van der Waals surface area contributed by atoms with Gasteiger partial charge in [-0.2, -0.15) is 13.2 Å². The number of benzene rings is 1. The highest BCUT2D eigenvalue weighted by Crippen LogP contribution is 2.47. The van der Waals surface area contributed by atoms with Crippen LogP contribution in [0.5, 0.6) is 0 Å². The van der Waals surface area contributed by atoms with Gasteiger partial charge < -0.3 is 10.2 Å². The Bertz CT molecular complexity index is 1280. The van der Waals surface area contributed by atoms with Gasteiger partial charge in [0.1, 0.15) is 9.84 Å². The first-order chi connectivity index (χ1) is 17.4. The Hall–Kier alpha value is -2.33. The van der Waals surface area contributed by atoms with Gasteiger partial charge in [-0.25, -0.2) is 8.42 Å². The SMILES string of the molecule is CN(C(=O)C1CCS(=O)(=O)CC1)[C@@H](c1ccc(NC2Cc3ccc(Cl)c(C4CC4)c3C2)cn1)C(F)(F)F. The molecule has 1 saturated heterocycles. The Labute approximate surface area is 219 Å². The van der Waals surface area contributed by atoms with Gasteiger partial charge in [0.25, 0.3) is 0 Å². The van der Waals surface area contributed by atoms with Gasteiger partial charge in [-0.3, -0.25) is 9.78 Å². The fraction of sp³-hybridized carbons (Fsp3) is 0.538. The maximum Gasteiger partial charge on any atom is 0.414 e. The van der Waals surface area contributed by atoms with Crippen molar-refractivity contribution in [1.82, 2.24) is 9.88 Å². The molecule has 5 rings (SSSR count). The van der Waals surface area contributed by atoms with Gasteiger partial charge in [0.15, 0.2) is 6.04 Å².